The van der Waals surface area contributed by atoms with Gasteiger partial charge in [0.1, 0.15) is 0 Å². The second-order valence-electron chi connectivity index (χ2n) is 6.77. The lowest BCUT2D eigenvalue weighted by atomic mass is 9.95. The van der Waals surface area contributed by atoms with Crippen molar-refractivity contribution in [2.24, 2.45) is 23.5 Å². The third-order valence-electron chi connectivity index (χ3n) is 5.51. The molecule has 21 heavy (non-hydrogen) atoms. The maximum atomic E-state index is 12.4. The Balaban J connectivity index is 1.42. The van der Waals surface area contributed by atoms with Crippen LogP contribution in [-0.4, -0.2) is 18.5 Å². The molecular weight excluding hydrogens is 262 g/mol. The van der Waals surface area contributed by atoms with Crippen LogP contribution in [0.4, 0.5) is 0 Å². The molecular formula is C17H23N3O. The molecule has 0 spiro atoms. The van der Waals surface area contributed by atoms with Gasteiger partial charge >= 0.3 is 0 Å². The summed E-state index contributed by atoms with van der Waals surface area (Å²) >= 11 is 0. The Morgan fingerprint density at radius 3 is 3.00 bits per heavy atom. The highest BCUT2D eigenvalue weighted by Crippen LogP contribution is 2.54. The lowest BCUT2D eigenvalue weighted by molar-refractivity contribution is -0.125. The van der Waals surface area contributed by atoms with Crippen molar-refractivity contribution >= 4 is 5.91 Å². The first-order chi connectivity index (χ1) is 10.2. The minimum absolute atomic E-state index is 0.159. The van der Waals surface area contributed by atoms with Crippen LogP contribution in [0.3, 0.4) is 0 Å². The van der Waals surface area contributed by atoms with Crippen LogP contribution in [0.15, 0.2) is 18.2 Å². The Hall–Kier alpha value is -1.39. The molecule has 4 N–H and O–H groups in total. The molecule has 0 aromatic heterocycles. The minimum atomic E-state index is 0.159. The maximum absolute atomic E-state index is 12.4. The summed E-state index contributed by atoms with van der Waals surface area (Å²) < 4.78 is 0. The fourth-order valence-corrected chi connectivity index (χ4v) is 4.23. The van der Waals surface area contributed by atoms with Crippen LogP contribution in [0.5, 0.6) is 0 Å². The van der Waals surface area contributed by atoms with Crippen LogP contribution < -0.4 is 16.4 Å². The molecule has 1 heterocycles. The van der Waals surface area contributed by atoms with E-state index in [0.29, 0.717) is 18.4 Å². The summed E-state index contributed by atoms with van der Waals surface area (Å²) in [6.07, 6.45) is 3.09. The van der Waals surface area contributed by atoms with Gasteiger partial charge in [0.15, 0.2) is 0 Å². The van der Waals surface area contributed by atoms with Crippen molar-refractivity contribution in [3.8, 4) is 0 Å². The summed E-state index contributed by atoms with van der Waals surface area (Å²) in [7, 11) is 0. The van der Waals surface area contributed by atoms with Gasteiger partial charge in [0.05, 0.1) is 0 Å². The van der Waals surface area contributed by atoms with Crippen molar-refractivity contribution < 1.29 is 4.79 Å². The zero-order valence-corrected chi connectivity index (χ0v) is 12.3. The van der Waals surface area contributed by atoms with Crippen LogP contribution in [0.2, 0.25) is 0 Å². The first-order valence-corrected chi connectivity index (χ1v) is 8.07. The summed E-state index contributed by atoms with van der Waals surface area (Å²) in [5.74, 6) is 1.55. The highest BCUT2D eigenvalue weighted by molar-refractivity contribution is 5.80. The van der Waals surface area contributed by atoms with Gasteiger partial charge in [-0.05, 0) is 54.3 Å². The van der Waals surface area contributed by atoms with Gasteiger partial charge < -0.3 is 16.4 Å². The lowest BCUT2D eigenvalue weighted by Gasteiger charge is -2.21. The van der Waals surface area contributed by atoms with E-state index in [1.165, 1.54) is 16.7 Å². The number of amides is 1. The third kappa shape index (κ3) is 2.36. The van der Waals surface area contributed by atoms with Crippen LogP contribution in [0.25, 0.3) is 0 Å². The largest absolute Gasteiger partial charge is 0.352 e. The van der Waals surface area contributed by atoms with Crippen molar-refractivity contribution in [3.05, 3.63) is 34.9 Å². The number of nitrogens with one attached hydrogen (secondary N) is 2. The molecule has 3 aliphatic rings. The fourth-order valence-electron chi connectivity index (χ4n) is 4.23. The number of nitrogens with two attached hydrogens (primary N) is 1. The van der Waals surface area contributed by atoms with Gasteiger partial charge in [-0.3, -0.25) is 4.79 Å². The quantitative estimate of drug-likeness (QED) is 0.774. The molecule has 1 aromatic carbocycles. The van der Waals surface area contributed by atoms with E-state index < -0.39 is 0 Å². The molecule has 112 valence electrons. The van der Waals surface area contributed by atoms with E-state index in [2.05, 4.69) is 28.8 Å². The van der Waals surface area contributed by atoms with Crippen LogP contribution in [0, 0.1) is 17.8 Å². The Morgan fingerprint density at radius 2 is 2.24 bits per heavy atom. The molecule has 0 saturated heterocycles. The van der Waals surface area contributed by atoms with Gasteiger partial charge in [-0.25, -0.2) is 0 Å². The number of hydrogen-bond acceptors (Lipinski definition) is 3. The second-order valence-corrected chi connectivity index (χ2v) is 6.77. The third-order valence-corrected chi connectivity index (χ3v) is 5.51. The van der Waals surface area contributed by atoms with Crippen molar-refractivity contribution in [3.63, 3.8) is 0 Å². The maximum Gasteiger partial charge on any atom is 0.223 e. The molecule has 0 bridgehead atoms. The van der Waals surface area contributed by atoms with E-state index in [9.17, 15) is 4.79 Å². The molecule has 0 radical (unpaired) electrons. The summed E-state index contributed by atoms with van der Waals surface area (Å²) in [5.41, 5.74) is 10.1. The lowest BCUT2D eigenvalue weighted by Crippen LogP contribution is -2.33. The summed E-state index contributed by atoms with van der Waals surface area (Å²) in [4.78, 5) is 12.4. The number of rotatable bonds is 3. The molecule has 2 aliphatic carbocycles. The monoisotopic (exact) mass is 285 g/mol. The number of hydrogen-bond donors (Lipinski definition) is 3. The Bertz CT molecular complexity index is 571. The van der Waals surface area contributed by atoms with Crippen molar-refractivity contribution in [2.75, 3.05) is 6.54 Å². The molecule has 1 aromatic rings. The molecule has 4 nitrogen and oxygen atoms in total. The van der Waals surface area contributed by atoms with E-state index in [0.717, 1.165) is 32.4 Å². The summed E-state index contributed by atoms with van der Waals surface area (Å²) in [6.45, 7) is 2.63. The van der Waals surface area contributed by atoms with Crippen LogP contribution in [0.1, 0.15) is 29.5 Å². The smallest absolute Gasteiger partial charge is 0.223 e. The molecule has 4 rings (SSSR count). The van der Waals surface area contributed by atoms with Crippen molar-refractivity contribution in [1.82, 2.24) is 10.6 Å². The first-order valence-electron chi connectivity index (χ1n) is 8.07. The van der Waals surface area contributed by atoms with Crippen LogP contribution in [-0.2, 0) is 24.3 Å². The minimum Gasteiger partial charge on any atom is -0.352 e. The van der Waals surface area contributed by atoms with Gasteiger partial charge in [-0.1, -0.05) is 18.2 Å². The zero-order valence-electron chi connectivity index (χ0n) is 12.3. The summed E-state index contributed by atoms with van der Waals surface area (Å²) in [5, 5.41) is 6.55. The normalized spacial score (nSPS) is 33.2. The highest BCUT2D eigenvalue weighted by Gasteiger charge is 2.55. The average molecular weight is 285 g/mol. The number of carbonyl (C=O) groups excluding carboxylic acids is 1. The Kier molecular flexibility index (Phi) is 3.23. The number of fused-ring (bicyclic) bond motifs is 2. The molecule has 2 saturated carbocycles. The van der Waals surface area contributed by atoms with E-state index in [4.69, 9.17) is 5.73 Å². The molecule has 2 fully saturated rings. The topological polar surface area (TPSA) is 67.2 Å². The van der Waals surface area contributed by atoms with Gasteiger partial charge in [0, 0.05) is 25.0 Å². The fraction of sp³-hybridized carbons (Fsp3) is 0.588. The van der Waals surface area contributed by atoms with E-state index in [-0.39, 0.29) is 17.9 Å². The van der Waals surface area contributed by atoms with E-state index >= 15 is 0 Å². The molecule has 1 aliphatic heterocycles. The standard InChI is InChI=1S/C17H23N3O/c18-16-7-15(13-6-14(13)16)17(21)20-9-11-3-1-2-10-8-19-5-4-12(10)11/h1-3,13-16,19H,4-9,18H2,(H,20,21)/t13-,14+,15-,16+/m0/s1. The van der Waals surface area contributed by atoms with Crippen molar-refractivity contribution in [2.45, 2.75) is 38.4 Å². The second kappa shape index (κ2) is 5.11. The zero-order chi connectivity index (χ0) is 14.4. The van der Waals surface area contributed by atoms with E-state index in [1.54, 1.807) is 0 Å². The predicted molar refractivity (Wildman–Crippen MR) is 81.4 cm³/mol. The highest BCUT2D eigenvalue weighted by atomic mass is 16.1. The molecule has 4 atom stereocenters. The average Bonchev–Trinajstić information content (AvgIpc) is 3.24. The van der Waals surface area contributed by atoms with Gasteiger partial charge in [-0.2, -0.15) is 0 Å². The first kappa shape index (κ1) is 13.3. The van der Waals surface area contributed by atoms with Gasteiger partial charge in [0.2, 0.25) is 5.91 Å². The summed E-state index contributed by atoms with van der Waals surface area (Å²) in [6, 6.07) is 6.67. The van der Waals surface area contributed by atoms with Crippen LogP contribution >= 0.6 is 0 Å². The Morgan fingerprint density at radius 1 is 1.33 bits per heavy atom. The predicted octanol–water partition coefficient (Wildman–Crippen LogP) is 0.932. The SMILES string of the molecule is N[C@@H]1C[C@H](C(=O)NCc2cccc3c2CCNC3)[C@H]2C[C@H]21. The molecule has 4 heteroatoms. The Labute approximate surface area is 125 Å². The van der Waals surface area contributed by atoms with E-state index in [1.807, 2.05) is 0 Å². The van der Waals surface area contributed by atoms with Gasteiger partial charge in [-0.15, -0.1) is 0 Å². The van der Waals surface area contributed by atoms with Gasteiger partial charge in [0.25, 0.3) is 0 Å². The molecule has 1 amide bonds. The number of carbonyl (C=O) groups is 1. The van der Waals surface area contributed by atoms with Crippen molar-refractivity contribution in [1.29, 1.82) is 0 Å². The molecule has 0 unspecified atom stereocenters. The number of benzene rings is 1.